The molecular weight excluding hydrogens is 596 g/mol. The SMILES string of the molecule is CC/C=C/C=C/C=C/C=C/CCCCCC(=O)OCC(CO)OC(=O)CCCCCCCCCCCCCCCC/C=C/C/C=C/CC. The molecule has 1 N–H and O–H groups in total. The van der Waals surface area contributed by atoms with Crippen LogP contribution in [-0.2, 0) is 19.1 Å². The summed E-state index contributed by atoms with van der Waals surface area (Å²) in [5, 5.41) is 9.54. The number of ether oxygens (including phenoxy) is 2. The summed E-state index contributed by atoms with van der Waals surface area (Å²) in [5.74, 6) is -0.641. The van der Waals surface area contributed by atoms with Crippen molar-refractivity contribution in [2.24, 2.45) is 0 Å². The van der Waals surface area contributed by atoms with Gasteiger partial charge in [0.25, 0.3) is 0 Å². The van der Waals surface area contributed by atoms with Crippen LogP contribution in [0, 0.1) is 0 Å². The molecular formula is C43H72O5. The van der Waals surface area contributed by atoms with Crippen molar-refractivity contribution in [3.05, 3.63) is 72.9 Å². The van der Waals surface area contributed by atoms with Crippen LogP contribution < -0.4 is 0 Å². The summed E-state index contributed by atoms with van der Waals surface area (Å²) in [6, 6.07) is 0. The first kappa shape index (κ1) is 45.3. The maximum atomic E-state index is 12.2. The Morgan fingerprint density at radius 1 is 0.500 bits per heavy atom. The fourth-order valence-electron chi connectivity index (χ4n) is 5.19. The summed E-state index contributed by atoms with van der Waals surface area (Å²) in [7, 11) is 0. The number of rotatable bonds is 34. The number of aliphatic hydroxyl groups excluding tert-OH is 1. The Labute approximate surface area is 295 Å². The van der Waals surface area contributed by atoms with E-state index in [0.717, 1.165) is 64.2 Å². The zero-order valence-corrected chi connectivity index (χ0v) is 31.0. The van der Waals surface area contributed by atoms with Crippen LogP contribution in [0.5, 0.6) is 0 Å². The van der Waals surface area contributed by atoms with Gasteiger partial charge in [0.1, 0.15) is 6.61 Å². The van der Waals surface area contributed by atoms with E-state index < -0.39 is 6.10 Å². The third-order valence-electron chi connectivity index (χ3n) is 8.09. The van der Waals surface area contributed by atoms with Crippen molar-refractivity contribution < 1.29 is 24.2 Å². The summed E-state index contributed by atoms with van der Waals surface area (Å²) >= 11 is 0. The van der Waals surface area contributed by atoms with Crippen LogP contribution in [-0.4, -0.2) is 36.4 Å². The molecule has 5 heteroatoms. The monoisotopic (exact) mass is 669 g/mol. The van der Waals surface area contributed by atoms with Gasteiger partial charge < -0.3 is 14.6 Å². The molecule has 274 valence electrons. The van der Waals surface area contributed by atoms with Crippen molar-refractivity contribution in [3.63, 3.8) is 0 Å². The predicted molar refractivity (Wildman–Crippen MR) is 205 cm³/mol. The highest BCUT2D eigenvalue weighted by atomic mass is 16.6. The van der Waals surface area contributed by atoms with Gasteiger partial charge in [-0.1, -0.05) is 170 Å². The van der Waals surface area contributed by atoms with Gasteiger partial charge >= 0.3 is 11.9 Å². The lowest BCUT2D eigenvalue weighted by Gasteiger charge is -2.15. The highest BCUT2D eigenvalue weighted by molar-refractivity contribution is 5.70. The van der Waals surface area contributed by atoms with E-state index in [1.807, 2.05) is 36.5 Å². The Kier molecular flexibility index (Phi) is 36.6. The second-order valence-corrected chi connectivity index (χ2v) is 12.7. The van der Waals surface area contributed by atoms with Gasteiger partial charge in [-0.3, -0.25) is 9.59 Å². The summed E-state index contributed by atoms with van der Waals surface area (Å²) in [4.78, 5) is 24.2. The predicted octanol–water partition coefficient (Wildman–Crippen LogP) is 12.2. The fourth-order valence-corrected chi connectivity index (χ4v) is 5.19. The summed E-state index contributed by atoms with van der Waals surface area (Å²) in [6.07, 6.45) is 51.1. The standard InChI is InChI=1S/C43H72O5/c1-3-5-7-9-11-13-15-17-18-19-20-21-22-23-24-26-28-30-32-34-36-38-43(46)48-41(39-44)40-47-42(45)37-35-33-31-29-27-25-16-14-12-10-8-6-4-2/h5-8,10-14,16,25,27,41,44H,3-4,9,15,17-24,26,28-40H2,1-2H3/b7-5+,8-6+,12-10+,13-11+,16-14+,27-25+. The second-order valence-electron chi connectivity index (χ2n) is 12.7. The molecule has 0 fully saturated rings. The van der Waals surface area contributed by atoms with Crippen LogP contribution in [0.15, 0.2) is 72.9 Å². The average molecular weight is 669 g/mol. The number of hydrogen-bond acceptors (Lipinski definition) is 5. The molecule has 0 amide bonds. The first-order chi connectivity index (χ1) is 23.6. The average Bonchev–Trinajstić information content (AvgIpc) is 3.09. The molecule has 0 aromatic heterocycles. The van der Waals surface area contributed by atoms with Crippen LogP contribution >= 0.6 is 0 Å². The van der Waals surface area contributed by atoms with E-state index in [4.69, 9.17) is 9.47 Å². The topological polar surface area (TPSA) is 72.8 Å². The smallest absolute Gasteiger partial charge is 0.306 e. The maximum Gasteiger partial charge on any atom is 0.306 e. The molecule has 0 radical (unpaired) electrons. The Bertz CT molecular complexity index is 895. The first-order valence-electron chi connectivity index (χ1n) is 19.5. The molecule has 0 aliphatic rings. The van der Waals surface area contributed by atoms with Gasteiger partial charge in [-0.15, -0.1) is 0 Å². The minimum Gasteiger partial charge on any atom is -0.462 e. The van der Waals surface area contributed by atoms with E-state index in [-0.39, 0.29) is 25.2 Å². The molecule has 0 aromatic carbocycles. The van der Waals surface area contributed by atoms with E-state index >= 15 is 0 Å². The molecule has 5 nitrogen and oxygen atoms in total. The molecule has 0 saturated carbocycles. The molecule has 0 aliphatic carbocycles. The van der Waals surface area contributed by atoms with Gasteiger partial charge in [0.2, 0.25) is 0 Å². The highest BCUT2D eigenvalue weighted by Gasteiger charge is 2.16. The third kappa shape index (κ3) is 36.2. The van der Waals surface area contributed by atoms with E-state index in [1.165, 1.54) is 77.0 Å². The zero-order valence-electron chi connectivity index (χ0n) is 31.0. The van der Waals surface area contributed by atoms with Gasteiger partial charge in [-0.2, -0.15) is 0 Å². The first-order valence-corrected chi connectivity index (χ1v) is 19.5. The Morgan fingerprint density at radius 3 is 1.50 bits per heavy atom. The van der Waals surface area contributed by atoms with Crippen LogP contribution in [0.4, 0.5) is 0 Å². The molecule has 0 rings (SSSR count). The number of aliphatic hydroxyl groups is 1. The molecule has 1 unspecified atom stereocenters. The van der Waals surface area contributed by atoms with Crippen molar-refractivity contribution in [1.82, 2.24) is 0 Å². The van der Waals surface area contributed by atoms with Gasteiger partial charge in [-0.25, -0.2) is 0 Å². The molecule has 0 saturated heterocycles. The summed E-state index contributed by atoms with van der Waals surface area (Å²) in [5.41, 5.74) is 0. The van der Waals surface area contributed by atoms with Crippen LogP contribution in [0.2, 0.25) is 0 Å². The van der Waals surface area contributed by atoms with Crippen molar-refractivity contribution >= 4 is 11.9 Å². The number of hydrogen-bond donors (Lipinski definition) is 1. The second kappa shape index (κ2) is 38.8. The zero-order chi connectivity index (χ0) is 35.0. The van der Waals surface area contributed by atoms with Crippen LogP contribution in [0.3, 0.4) is 0 Å². The number of esters is 2. The number of carbonyl (C=O) groups is 2. The fraction of sp³-hybridized carbons (Fsp3) is 0.674. The Balaban J connectivity index is 3.58. The molecule has 1 atom stereocenters. The van der Waals surface area contributed by atoms with Crippen molar-refractivity contribution in [3.8, 4) is 0 Å². The lowest BCUT2D eigenvalue weighted by molar-refractivity contribution is -0.161. The van der Waals surface area contributed by atoms with Crippen molar-refractivity contribution in [1.29, 1.82) is 0 Å². The number of allylic oxidation sites excluding steroid dienone is 12. The molecule has 48 heavy (non-hydrogen) atoms. The summed E-state index contributed by atoms with van der Waals surface area (Å²) < 4.78 is 10.6. The minimum absolute atomic E-state index is 0.0890. The lowest BCUT2D eigenvalue weighted by Crippen LogP contribution is -2.28. The van der Waals surface area contributed by atoms with E-state index in [1.54, 1.807) is 0 Å². The van der Waals surface area contributed by atoms with Crippen LogP contribution in [0.1, 0.15) is 168 Å². The molecule has 0 aliphatic heterocycles. The maximum absolute atomic E-state index is 12.2. The summed E-state index contributed by atoms with van der Waals surface area (Å²) in [6.45, 7) is 3.85. The Hall–Kier alpha value is -2.66. The number of unbranched alkanes of at least 4 members (excludes halogenated alkanes) is 17. The molecule has 0 heterocycles. The van der Waals surface area contributed by atoms with Crippen LogP contribution in [0.25, 0.3) is 0 Å². The minimum atomic E-state index is -0.789. The van der Waals surface area contributed by atoms with E-state index in [2.05, 4.69) is 50.3 Å². The molecule has 0 aromatic rings. The quantitative estimate of drug-likeness (QED) is 0.0320. The van der Waals surface area contributed by atoms with Gasteiger partial charge in [-0.05, 0) is 57.8 Å². The van der Waals surface area contributed by atoms with E-state index in [0.29, 0.717) is 12.8 Å². The van der Waals surface area contributed by atoms with Crippen molar-refractivity contribution in [2.45, 2.75) is 174 Å². The van der Waals surface area contributed by atoms with Gasteiger partial charge in [0, 0.05) is 12.8 Å². The van der Waals surface area contributed by atoms with Gasteiger partial charge in [0.05, 0.1) is 6.61 Å². The Morgan fingerprint density at radius 2 is 0.938 bits per heavy atom. The largest absolute Gasteiger partial charge is 0.462 e. The molecule has 0 bridgehead atoms. The number of carbonyl (C=O) groups excluding carboxylic acids is 2. The van der Waals surface area contributed by atoms with Gasteiger partial charge in [0.15, 0.2) is 6.10 Å². The third-order valence-corrected chi connectivity index (χ3v) is 8.09. The van der Waals surface area contributed by atoms with Crippen molar-refractivity contribution in [2.75, 3.05) is 13.2 Å². The normalized spacial score (nSPS) is 13.0. The lowest BCUT2D eigenvalue weighted by atomic mass is 10.0. The highest BCUT2D eigenvalue weighted by Crippen LogP contribution is 2.14. The van der Waals surface area contributed by atoms with E-state index in [9.17, 15) is 14.7 Å². The molecule has 0 spiro atoms.